The minimum Gasteiger partial charge on any atom is -0.496 e. The fourth-order valence-corrected chi connectivity index (χ4v) is 4.67. The summed E-state index contributed by atoms with van der Waals surface area (Å²) in [5.74, 6) is 0.486. The van der Waals surface area contributed by atoms with Crippen LogP contribution in [0.1, 0.15) is 27.3 Å². The number of nitrogens with zero attached hydrogens (tertiary/aromatic N) is 5. The van der Waals surface area contributed by atoms with Gasteiger partial charge in [-0.25, -0.2) is 4.98 Å². The molecule has 0 aliphatic carbocycles. The first-order chi connectivity index (χ1) is 18.3. The van der Waals surface area contributed by atoms with Gasteiger partial charge in [-0.15, -0.1) is 5.10 Å². The average Bonchev–Trinajstić information content (AvgIpc) is 3.46. The Hall–Kier alpha value is -4.92. The zero-order chi connectivity index (χ0) is 27.0. The number of nitrogens with one attached hydrogen (secondary N) is 1. The molecule has 0 unspecified atom stereocenters. The molecule has 0 saturated carbocycles. The Morgan fingerprint density at radius 2 is 1.71 bits per heavy atom. The highest BCUT2D eigenvalue weighted by molar-refractivity contribution is 6.04. The summed E-state index contributed by atoms with van der Waals surface area (Å²) < 4.78 is 8.10. The van der Waals surface area contributed by atoms with Crippen molar-refractivity contribution in [2.75, 3.05) is 12.4 Å². The van der Waals surface area contributed by atoms with Crippen molar-refractivity contribution in [1.82, 2.24) is 24.7 Å². The van der Waals surface area contributed by atoms with Gasteiger partial charge in [-0.2, -0.15) is 4.73 Å². The highest BCUT2D eigenvalue weighted by Gasteiger charge is 2.23. The van der Waals surface area contributed by atoms with E-state index in [-0.39, 0.29) is 11.5 Å². The standard InChI is InChI=1S/C29H28N6O3/c1-17-8-6-9-18(2)26(17)23-15-21(12-13-25(23)38-5)28-30-19(3)27(35(28)37)29(36)31-22-11-7-10-20(14-22)24-16-34(4)33-32-24/h6-16,37H,1-5H3,(H,31,36). The number of rotatable bonds is 6. The van der Waals surface area contributed by atoms with Crippen molar-refractivity contribution in [3.8, 4) is 39.5 Å². The first-order valence-electron chi connectivity index (χ1n) is 12.1. The lowest BCUT2D eigenvalue weighted by molar-refractivity contribution is 0.0974. The average molecular weight is 509 g/mol. The Morgan fingerprint density at radius 3 is 2.39 bits per heavy atom. The Labute approximate surface area is 220 Å². The van der Waals surface area contributed by atoms with Gasteiger partial charge in [0.2, 0.25) is 0 Å². The minimum atomic E-state index is -0.483. The van der Waals surface area contributed by atoms with Crippen LogP contribution < -0.4 is 10.1 Å². The minimum absolute atomic E-state index is 0.0503. The first kappa shape index (κ1) is 24.8. The summed E-state index contributed by atoms with van der Waals surface area (Å²) in [4.78, 5) is 17.8. The van der Waals surface area contributed by atoms with Crippen LogP contribution in [0.5, 0.6) is 5.75 Å². The third-order valence-electron chi connectivity index (χ3n) is 6.47. The van der Waals surface area contributed by atoms with E-state index in [1.807, 2.05) is 62.4 Å². The van der Waals surface area contributed by atoms with Crippen LogP contribution in [0.4, 0.5) is 5.69 Å². The number of carbonyl (C=O) groups excluding carboxylic acids is 1. The normalized spacial score (nSPS) is 11.0. The number of amides is 1. The molecule has 38 heavy (non-hydrogen) atoms. The highest BCUT2D eigenvalue weighted by atomic mass is 16.5. The van der Waals surface area contributed by atoms with E-state index in [9.17, 15) is 10.0 Å². The Kier molecular flexibility index (Phi) is 6.42. The monoisotopic (exact) mass is 508 g/mol. The van der Waals surface area contributed by atoms with Crippen LogP contribution in [-0.2, 0) is 7.05 Å². The molecular weight excluding hydrogens is 480 g/mol. The maximum absolute atomic E-state index is 13.2. The number of hydrogen-bond acceptors (Lipinski definition) is 6. The van der Waals surface area contributed by atoms with Crippen molar-refractivity contribution in [2.45, 2.75) is 20.8 Å². The lowest BCUT2D eigenvalue weighted by Gasteiger charge is -2.15. The van der Waals surface area contributed by atoms with Gasteiger partial charge in [0, 0.05) is 29.4 Å². The number of aromatic nitrogens is 5. The molecule has 0 aliphatic rings. The Morgan fingerprint density at radius 1 is 0.974 bits per heavy atom. The van der Waals surface area contributed by atoms with Crippen LogP contribution in [0.25, 0.3) is 33.8 Å². The van der Waals surface area contributed by atoms with Crippen LogP contribution in [0.3, 0.4) is 0 Å². The molecule has 0 radical (unpaired) electrons. The summed E-state index contributed by atoms with van der Waals surface area (Å²) in [5, 5.41) is 22.0. The van der Waals surface area contributed by atoms with Gasteiger partial charge >= 0.3 is 0 Å². The third-order valence-corrected chi connectivity index (χ3v) is 6.47. The van der Waals surface area contributed by atoms with Crippen molar-refractivity contribution in [1.29, 1.82) is 0 Å². The van der Waals surface area contributed by atoms with E-state index < -0.39 is 5.91 Å². The summed E-state index contributed by atoms with van der Waals surface area (Å²) in [6.07, 6.45) is 1.79. The van der Waals surface area contributed by atoms with E-state index in [2.05, 4.69) is 20.6 Å². The van der Waals surface area contributed by atoms with Crippen molar-refractivity contribution < 1.29 is 14.7 Å². The van der Waals surface area contributed by atoms with Gasteiger partial charge in [-0.05, 0) is 67.8 Å². The molecule has 2 N–H and O–H groups in total. The maximum atomic E-state index is 13.2. The second-order valence-electron chi connectivity index (χ2n) is 9.18. The van der Waals surface area contributed by atoms with E-state index in [1.165, 1.54) is 0 Å². The second kappa shape index (κ2) is 9.85. The molecule has 5 aromatic rings. The van der Waals surface area contributed by atoms with Crippen molar-refractivity contribution in [3.05, 3.63) is 89.4 Å². The first-order valence-corrected chi connectivity index (χ1v) is 12.1. The van der Waals surface area contributed by atoms with Crippen LogP contribution in [0.15, 0.2) is 66.9 Å². The summed E-state index contributed by atoms with van der Waals surface area (Å²) in [7, 11) is 3.42. The second-order valence-corrected chi connectivity index (χ2v) is 9.18. The smallest absolute Gasteiger partial charge is 0.277 e. The molecule has 9 nitrogen and oxygen atoms in total. The van der Waals surface area contributed by atoms with Gasteiger partial charge in [0.1, 0.15) is 11.4 Å². The molecule has 9 heteroatoms. The predicted octanol–water partition coefficient (Wildman–Crippen LogP) is 5.44. The summed E-state index contributed by atoms with van der Waals surface area (Å²) in [6, 6.07) is 19.0. The van der Waals surface area contributed by atoms with E-state index in [0.29, 0.717) is 28.4 Å². The molecule has 3 aromatic carbocycles. The van der Waals surface area contributed by atoms with Crippen LogP contribution >= 0.6 is 0 Å². The van der Waals surface area contributed by atoms with Gasteiger partial charge in [0.25, 0.3) is 5.91 Å². The number of imidazole rings is 1. The van der Waals surface area contributed by atoms with Crippen LogP contribution in [0.2, 0.25) is 0 Å². The number of benzene rings is 3. The molecule has 0 aliphatic heterocycles. The van der Waals surface area contributed by atoms with Crippen LogP contribution in [0, 0.1) is 20.8 Å². The lowest BCUT2D eigenvalue weighted by Crippen LogP contribution is -2.17. The van der Waals surface area contributed by atoms with Crippen molar-refractivity contribution >= 4 is 11.6 Å². The Balaban J connectivity index is 1.49. The number of hydrogen-bond donors (Lipinski definition) is 2. The highest BCUT2D eigenvalue weighted by Crippen LogP contribution is 2.37. The molecule has 192 valence electrons. The maximum Gasteiger partial charge on any atom is 0.277 e. The topological polar surface area (TPSA) is 107 Å². The molecule has 0 bridgehead atoms. The Bertz CT molecular complexity index is 1650. The lowest BCUT2D eigenvalue weighted by atomic mass is 9.93. The molecule has 2 heterocycles. The third kappa shape index (κ3) is 4.50. The van der Waals surface area contributed by atoms with Crippen LogP contribution in [-0.4, -0.2) is 42.9 Å². The number of carbonyl (C=O) groups is 1. The zero-order valence-electron chi connectivity index (χ0n) is 21.9. The largest absolute Gasteiger partial charge is 0.496 e. The van der Waals surface area contributed by atoms with Gasteiger partial charge in [-0.1, -0.05) is 35.5 Å². The fourth-order valence-electron chi connectivity index (χ4n) is 4.67. The molecule has 0 saturated heterocycles. The quantitative estimate of drug-likeness (QED) is 0.296. The van der Waals surface area contributed by atoms with Gasteiger partial charge < -0.3 is 15.3 Å². The zero-order valence-corrected chi connectivity index (χ0v) is 21.9. The van der Waals surface area contributed by atoms with E-state index >= 15 is 0 Å². The summed E-state index contributed by atoms with van der Waals surface area (Å²) in [6.45, 7) is 5.79. The molecule has 2 aromatic heterocycles. The molecule has 0 fully saturated rings. The van der Waals surface area contributed by atoms with Crippen molar-refractivity contribution in [3.63, 3.8) is 0 Å². The summed E-state index contributed by atoms with van der Waals surface area (Å²) in [5.41, 5.74) is 7.30. The van der Waals surface area contributed by atoms with E-state index in [0.717, 1.165) is 32.5 Å². The number of anilines is 1. The summed E-state index contributed by atoms with van der Waals surface area (Å²) >= 11 is 0. The SMILES string of the molecule is COc1ccc(-c2nc(C)c(C(=O)Nc3cccc(-c4cn(C)nn4)c3)n2O)cc1-c1c(C)cccc1C. The molecule has 0 atom stereocenters. The molecular formula is C29H28N6O3. The number of aryl methyl sites for hydroxylation is 4. The van der Waals surface area contributed by atoms with Crippen molar-refractivity contribution in [2.24, 2.45) is 7.05 Å². The molecule has 5 rings (SSSR count). The van der Waals surface area contributed by atoms with E-state index in [4.69, 9.17) is 4.74 Å². The van der Waals surface area contributed by atoms with Gasteiger partial charge in [0.15, 0.2) is 11.5 Å². The number of methoxy groups -OCH3 is 1. The van der Waals surface area contributed by atoms with Gasteiger partial charge in [0.05, 0.1) is 19.0 Å². The van der Waals surface area contributed by atoms with E-state index in [1.54, 1.807) is 44.1 Å². The fraction of sp³-hybridized carbons (Fsp3) is 0.172. The van der Waals surface area contributed by atoms with Gasteiger partial charge in [-0.3, -0.25) is 9.48 Å². The number of ether oxygens (including phenoxy) is 1. The predicted molar refractivity (Wildman–Crippen MR) is 145 cm³/mol. The molecule has 1 amide bonds. The molecule has 0 spiro atoms.